The Morgan fingerprint density at radius 3 is 2.84 bits per heavy atom. The van der Waals surface area contributed by atoms with E-state index in [-0.39, 0.29) is 5.78 Å². The van der Waals surface area contributed by atoms with E-state index in [0.717, 1.165) is 56.5 Å². The maximum absolute atomic E-state index is 13.2. The standard InChI is InChI=1S/C24H17Cl2N3O2S/c1-31-14-6-7-16-12(9-14)10-15(23(26)27-16)22-21-17(3-2-4-19(21)30)28-24-29(22)18-8-5-13(25)11-20(18)32-24/h5-11,22H,2-4H2,1H3. The van der Waals surface area contributed by atoms with E-state index in [2.05, 4.69) is 9.88 Å². The number of methoxy groups -OCH3 is 1. The van der Waals surface area contributed by atoms with Crippen molar-refractivity contribution in [1.82, 2.24) is 4.98 Å². The van der Waals surface area contributed by atoms with Crippen molar-refractivity contribution in [3.63, 3.8) is 0 Å². The maximum Gasteiger partial charge on any atom is 0.174 e. The first-order valence-corrected chi connectivity index (χ1v) is 11.9. The minimum absolute atomic E-state index is 0.119. The van der Waals surface area contributed by atoms with Gasteiger partial charge in [-0.25, -0.2) is 9.98 Å². The Bertz CT molecular complexity index is 1390. The minimum atomic E-state index is -0.393. The molecule has 3 aliphatic rings. The molecule has 0 saturated heterocycles. The van der Waals surface area contributed by atoms with Crippen molar-refractivity contribution >= 4 is 62.5 Å². The van der Waals surface area contributed by atoms with Gasteiger partial charge in [0.25, 0.3) is 0 Å². The average Bonchev–Trinajstić information content (AvgIpc) is 3.14. The van der Waals surface area contributed by atoms with E-state index in [1.54, 1.807) is 18.9 Å². The fraction of sp³-hybridized carbons (Fsp3) is 0.208. The normalized spacial score (nSPS) is 19.6. The number of ketones is 1. The first-order valence-electron chi connectivity index (χ1n) is 10.3. The van der Waals surface area contributed by atoms with E-state index < -0.39 is 6.04 Å². The number of aliphatic imine (C=N–C) groups is 1. The molecule has 32 heavy (non-hydrogen) atoms. The maximum atomic E-state index is 13.2. The number of allylic oxidation sites excluding steroid dienone is 1. The molecule has 0 saturated carbocycles. The number of anilines is 1. The number of halogens is 2. The number of pyridine rings is 1. The Kier molecular flexibility index (Phi) is 4.72. The quantitative estimate of drug-likeness (QED) is 0.386. The number of benzene rings is 2. The summed E-state index contributed by atoms with van der Waals surface area (Å²) in [4.78, 5) is 25.8. The second kappa shape index (κ2) is 7.51. The van der Waals surface area contributed by atoms with Crippen LogP contribution in [0.25, 0.3) is 10.9 Å². The highest BCUT2D eigenvalue weighted by Gasteiger charge is 2.43. The molecule has 1 unspecified atom stereocenters. The van der Waals surface area contributed by atoms with Crippen molar-refractivity contribution < 1.29 is 9.53 Å². The number of Topliss-reactive ketones (excluding diaryl/α,β-unsaturated/α-hetero) is 1. The van der Waals surface area contributed by atoms with Gasteiger partial charge in [-0.2, -0.15) is 0 Å². The number of aromatic nitrogens is 1. The zero-order chi connectivity index (χ0) is 22.0. The summed E-state index contributed by atoms with van der Waals surface area (Å²) >= 11 is 14.6. The van der Waals surface area contributed by atoms with E-state index in [1.807, 2.05) is 42.5 Å². The van der Waals surface area contributed by atoms with E-state index >= 15 is 0 Å². The lowest BCUT2D eigenvalue weighted by atomic mass is 9.85. The van der Waals surface area contributed by atoms with Gasteiger partial charge in [-0.05, 0) is 67.1 Å². The fourth-order valence-electron chi connectivity index (χ4n) is 4.62. The van der Waals surface area contributed by atoms with E-state index in [9.17, 15) is 4.79 Å². The summed E-state index contributed by atoms with van der Waals surface area (Å²) in [5, 5.41) is 2.79. The Hall–Kier alpha value is -2.54. The van der Waals surface area contributed by atoms with Crippen LogP contribution in [-0.4, -0.2) is 23.0 Å². The van der Waals surface area contributed by atoms with E-state index in [1.165, 1.54) is 0 Å². The molecular formula is C24H17Cl2N3O2S. The number of carbonyl (C=O) groups excluding carboxylic acids is 1. The molecular weight excluding hydrogens is 465 g/mol. The van der Waals surface area contributed by atoms with Crippen molar-refractivity contribution in [1.29, 1.82) is 0 Å². The summed E-state index contributed by atoms with van der Waals surface area (Å²) in [6.07, 6.45) is 2.10. The van der Waals surface area contributed by atoms with Gasteiger partial charge < -0.3 is 9.64 Å². The molecule has 3 heterocycles. The predicted molar refractivity (Wildman–Crippen MR) is 129 cm³/mol. The van der Waals surface area contributed by atoms with Gasteiger partial charge >= 0.3 is 0 Å². The van der Waals surface area contributed by atoms with Gasteiger partial charge in [-0.1, -0.05) is 23.2 Å². The number of fused-ring (bicyclic) bond motifs is 4. The molecule has 5 nitrogen and oxygen atoms in total. The highest BCUT2D eigenvalue weighted by atomic mass is 35.5. The smallest absolute Gasteiger partial charge is 0.174 e. The summed E-state index contributed by atoms with van der Waals surface area (Å²) in [5.41, 5.74) is 4.09. The molecule has 0 fully saturated rings. The van der Waals surface area contributed by atoms with Crippen LogP contribution in [-0.2, 0) is 4.79 Å². The van der Waals surface area contributed by atoms with Crippen molar-refractivity contribution in [3.05, 3.63) is 69.5 Å². The van der Waals surface area contributed by atoms with Gasteiger partial charge in [-0.15, -0.1) is 0 Å². The van der Waals surface area contributed by atoms with Crippen LogP contribution in [0.4, 0.5) is 5.69 Å². The zero-order valence-electron chi connectivity index (χ0n) is 17.1. The molecule has 8 heteroatoms. The monoisotopic (exact) mass is 481 g/mol. The lowest BCUT2D eigenvalue weighted by Gasteiger charge is -2.37. The Balaban J connectivity index is 1.60. The molecule has 1 atom stereocenters. The van der Waals surface area contributed by atoms with Crippen molar-refractivity contribution in [2.45, 2.75) is 30.2 Å². The lowest BCUT2D eigenvalue weighted by molar-refractivity contribution is -0.116. The lowest BCUT2D eigenvalue weighted by Crippen LogP contribution is -2.38. The molecule has 0 radical (unpaired) electrons. The molecule has 160 valence electrons. The van der Waals surface area contributed by atoms with Crippen LogP contribution < -0.4 is 9.64 Å². The second-order valence-corrected chi connectivity index (χ2v) is 9.75. The zero-order valence-corrected chi connectivity index (χ0v) is 19.4. The third-order valence-electron chi connectivity index (χ3n) is 6.08. The largest absolute Gasteiger partial charge is 0.497 e. The number of ether oxygens (including phenoxy) is 1. The fourth-order valence-corrected chi connectivity index (χ4v) is 6.22. The van der Waals surface area contributed by atoms with Gasteiger partial charge in [0.05, 0.1) is 30.1 Å². The number of hydrogen-bond donors (Lipinski definition) is 0. The molecule has 6 rings (SSSR count). The van der Waals surface area contributed by atoms with Gasteiger partial charge in [-0.3, -0.25) is 4.79 Å². The number of hydrogen-bond acceptors (Lipinski definition) is 6. The SMILES string of the molecule is COc1ccc2nc(Cl)c(C3C4=C(CCCC4=O)N=C4Sc5cc(Cl)ccc5N43)cc2c1. The third kappa shape index (κ3) is 3.04. The first kappa shape index (κ1) is 20.1. The van der Waals surface area contributed by atoms with Gasteiger partial charge in [0.1, 0.15) is 10.9 Å². The van der Waals surface area contributed by atoms with Crippen molar-refractivity contribution in [2.24, 2.45) is 4.99 Å². The van der Waals surface area contributed by atoms with Crippen LogP contribution >= 0.6 is 35.0 Å². The summed E-state index contributed by atoms with van der Waals surface area (Å²) in [7, 11) is 1.64. The van der Waals surface area contributed by atoms with Crippen LogP contribution in [0.5, 0.6) is 5.75 Å². The van der Waals surface area contributed by atoms with Crippen LogP contribution in [0.1, 0.15) is 30.9 Å². The molecule has 1 aromatic heterocycles. The van der Waals surface area contributed by atoms with Crippen molar-refractivity contribution in [2.75, 3.05) is 12.0 Å². The van der Waals surface area contributed by atoms with Crippen LogP contribution in [0.3, 0.4) is 0 Å². The van der Waals surface area contributed by atoms with E-state index in [4.69, 9.17) is 32.9 Å². The topological polar surface area (TPSA) is 54.8 Å². The van der Waals surface area contributed by atoms with E-state index in [0.29, 0.717) is 22.2 Å². The molecule has 3 aromatic rings. The predicted octanol–water partition coefficient (Wildman–Crippen LogP) is 6.58. The van der Waals surface area contributed by atoms with Crippen LogP contribution in [0, 0.1) is 0 Å². The molecule has 0 spiro atoms. The summed E-state index contributed by atoms with van der Waals surface area (Å²) in [6.45, 7) is 0. The number of carbonyl (C=O) groups is 1. The molecule has 2 aromatic carbocycles. The highest BCUT2D eigenvalue weighted by molar-refractivity contribution is 8.14. The van der Waals surface area contributed by atoms with Gasteiger partial charge in [0.15, 0.2) is 11.0 Å². The highest BCUT2D eigenvalue weighted by Crippen LogP contribution is 2.52. The summed E-state index contributed by atoms with van der Waals surface area (Å²) < 4.78 is 5.40. The molecule has 0 amide bonds. The minimum Gasteiger partial charge on any atom is -0.497 e. The number of rotatable bonds is 2. The Morgan fingerprint density at radius 2 is 2.00 bits per heavy atom. The molecule has 0 bridgehead atoms. The number of amidine groups is 1. The summed E-state index contributed by atoms with van der Waals surface area (Å²) in [5.74, 6) is 0.858. The molecule has 1 aliphatic carbocycles. The Morgan fingerprint density at radius 1 is 1.12 bits per heavy atom. The van der Waals surface area contributed by atoms with Crippen molar-refractivity contribution in [3.8, 4) is 5.75 Å². The number of thioether (sulfide) groups is 1. The van der Waals surface area contributed by atoms with Gasteiger partial charge in [0.2, 0.25) is 0 Å². The van der Waals surface area contributed by atoms with Gasteiger partial charge in [0, 0.05) is 32.9 Å². The summed E-state index contributed by atoms with van der Waals surface area (Å²) in [6, 6.07) is 13.1. The van der Waals surface area contributed by atoms with Crippen LogP contribution in [0.15, 0.2) is 63.6 Å². The molecule has 0 N–H and O–H groups in total. The average molecular weight is 482 g/mol. The first-order chi connectivity index (χ1) is 15.5. The van der Waals surface area contributed by atoms with Crippen LogP contribution in [0.2, 0.25) is 10.2 Å². The Labute approximate surface area is 199 Å². The molecule has 2 aliphatic heterocycles. The second-order valence-electron chi connectivity index (χ2n) is 7.95. The third-order valence-corrected chi connectivity index (χ3v) is 7.63. The number of nitrogens with zero attached hydrogens (tertiary/aromatic N) is 3.